The number of halogens is 1. The van der Waals surface area contributed by atoms with Crippen molar-refractivity contribution in [2.24, 2.45) is 11.8 Å². The predicted molar refractivity (Wildman–Crippen MR) is 77.1 cm³/mol. The largest absolute Gasteiger partial charge is 0.316 e. The lowest BCUT2D eigenvalue weighted by molar-refractivity contribution is 0.437. The van der Waals surface area contributed by atoms with Crippen LogP contribution in [0.4, 0.5) is 0 Å². The number of rotatable bonds is 7. The van der Waals surface area contributed by atoms with Crippen LogP contribution in [0.3, 0.4) is 0 Å². The summed E-state index contributed by atoms with van der Waals surface area (Å²) in [5.41, 5.74) is 1.32. The summed E-state index contributed by atoms with van der Waals surface area (Å²) in [6, 6.07) is 2.16. The molecule has 3 heteroatoms. The quantitative estimate of drug-likeness (QED) is 0.831. The second kappa shape index (κ2) is 7.83. The molecule has 96 valence electrons. The summed E-state index contributed by atoms with van der Waals surface area (Å²) < 4.78 is 1.07. The first-order valence-corrected chi connectivity index (χ1v) is 7.21. The van der Waals surface area contributed by atoms with E-state index in [2.05, 4.69) is 53.1 Å². The molecule has 0 spiro atoms. The Kier molecular flexibility index (Phi) is 6.75. The van der Waals surface area contributed by atoms with Crippen LogP contribution in [0.5, 0.6) is 0 Å². The van der Waals surface area contributed by atoms with Crippen molar-refractivity contribution in [2.45, 2.75) is 33.6 Å². The molecule has 1 N–H and O–H groups in total. The minimum atomic E-state index is 0.699. The molecule has 0 aliphatic heterocycles. The van der Waals surface area contributed by atoms with Gasteiger partial charge in [-0.25, -0.2) is 0 Å². The average molecular weight is 299 g/mol. The molecule has 1 aromatic rings. The highest BCUT2D eigenvalue weighted by Gasteiger charge is 2.08. The molecule has 1 heterocycles. The zero-order valence-electron chi connectivity index (χ0n) is 11.0. The first-order valence-electron chi connectivity index (χ1n) is 6.42. The minimum Gasteiger partial charge on any atom is -0.316 e. The van der Waals surface area contributed by atoms with Crippen LogP contribution in [0, 0.1) is 11.8 Å². The van der Waals surface area contributed by atoms with Crippen molar-refractivity contribution in [1.82, 2.24) is 10.3 Å². The van der Waals surface area contributed by atoms with Gasteiger partial charge in [0.05, 0.1) is 0 Å². The van der Waals surface area contributed by atoms with Gasteiger partial charge in [-0.1, -0.05) is 27.2 Å². The fourth-order valence-corrected chi connectivity index (χ4v) is 2.25. The molecule has 1 atom stereocenters. The van der Waals surface area contributed by atoms with Crippen molar-refractivity contribution < 1.29 is 0 Å². The number of nitrogens with one attached hydrogen (secondary N) is 1. The molecule has 0 radical (unpaired) electrons. The monoisotopic (exact) mass is 298 g/mol. The predicted octanol–water partition coefficient (Wildman–Crippen LogP) is 3.66. The molecule has 1 aromatic heterocycles. The van der Waals surface area contributed by atoms with Crippen molar-refractivity contribution in [3.8, 4) is 0 Å². The summed E-state index contributed by atoms with van der Waals surface area (Å²) in [7, 11) is 0. The fraction of sp³-hybridized carbons (Fsp3) is 0.643. The van der Waals surface area contributed by atoms with Crippen molar-refractivity contribution >= 4 is 15.9 Å². The molecule has 0 amide bonds. The topological polar surface area (TPSA) is 24.9 Å². The molecule has 0 fully saturated rings. The van der Waals surface area contributed by atoms with Crippen LogP contribution in [0.1, 0.15) is 32.8 Å². The van der Waals surface area contributed by atoms with Crippen LogP contribution in [0.15, 0.2) is 22.9 Å². The lowest BCUT2D eigenvalue weighted by Crippen LogP contribution is -2.27. The molecular weight excluding hydrogens is 276 g/mol. The standard InChI is InChI=1S/C14H23BrN2/c1-4-12(8-16-7-11(2)3)5-13-6-14(15)10-17-9-13/h6,9-12,16H,4-5,7-8H2,1-3H3. The van der Waals surface area contributed by atoms with E-state index < -0.39 is 0 Å². The third-order valence-corrected chi connectivity index (χ3v) is 3.28. The Morgan fingerprint density at radius 3 is 2.65 bits per heavy atom. The fourth-order valence-electron chi connectivity index (χ4n) is 1.84. The third-order valence-electron chi connectivity index (χ3n) is 2.85. The van der Waals surface area contributed by atoms with Crippen LogP contribution < -0.4 is 5.32 Å². The van der Waals surface area contributed by atoms with Gasteiger partial charge in [-0.3, -0.25) is 4.98 Å². The van der Waals surface area contributed by atoms with Crippen LogP contribution in [-0.2, 0) is 6.42 Å². The van der Waals surface area contributed by atoms with E-state index in [0.29, 0.717) is 5.92 Å². The summed E-state index contributed by atoms with van der Waals surface area (Å²) >= 11 is 3.47. The molecule has 0 saturated carbocycles. The van der Waals surface area contributed by atoms with Crippen LogP contribution in [0.25, 0.3) is 0 Å². The Labute approximate surface area is 113 Å². The normalized spacial score (nSPS) is 13.0. The van der Waals surface area contributed by atoms with E-state index in [1.807, 2.05) is 12.4 Å². The van der Waals surface area contributed by atoms with E-state index in [4.69, 9.17) is 0 Å². The molecule has 0 aliphatic carbocycles. The molecule has 1 rings (SSSR count). The molecule has 2 nitrogen and oxygen atoms in total. The van der Waals surface area contributed by atoms with Gasteiger partial charge >= 0.3 is 0 Å². The Hall–Kier alpha value is -0.410. The van der Waals surface area contributed by atoms with E-state index in [1.165, 1.54) is 12.0 Å². The molecule has 1 unspecified atom stereocenters. The zero-order valence-corrected chi connectivity index (χ0v) is 12.6. The van der Waals surface area contributed by atoms with Gasteiger partial charge in [0.25, 0.3) is 0 Å². The van der Waals surface area contributed by atoms with Gasteiger partial charge < -0.3 is 5.32 Å². The van der Waals surface area contributed by atoms with Crippen molar-refractivity contribution in [3.05, 3.63) is 28.5 Å². The summed E-state index contributed by atoms with van der Waals surface area (Å²) in [5, 5.41) is 3.54. The molecule has 0 bridgehead atoms. The number of hydrogen-bond donors (Lipinski definition) is 1. The van der Waals surface area contributed by atoms with Gasteiger partial charge in [0.1, 0.15) is 0 Å². The van der Waals surface area contributed by atoms with Crippen molar-refractivity contribution in [2.75, 3.05) is 13.1 Å². The summed E-state index contributed by atoms with van der Waals surface area (Å²) in [4.78, 5) is 4.21. The smallest absolute Gasteiger partial charge is 0.0410 e. The second-order valence-electron chi connectivity index (χ2n) is 5.04. The highest BCUT2D eigenvalue weighted by atomic mass is 79.9. The number of hydrogen-bond acceptors (Lipinski definition) is 2. The zero-order chi connectivity index (χ0) is 12.7. The van der Waals surface area contributed by atoms with Crippen molar-refractivity contribution in [1.29, 1.82) is 0 Å². The first kappa shape index (κ1) is 14.7. The van der Waals surface area contributed by atoms with Gasteiger partial charge in [0.15, 0.2) is 0 Å². The van der Waals surface area contributed by atoms with E-state index in [1.54, 1.807) is 0 Å². The van der Waals surface area contributed by atoms with E-state index in [-0.39, 0.29) is 0 Å². The maximum Gasteiger partial charge on any atom is 0.0410 e. The van der Waals surface area contributed by atoms with E-state index in [0.717, 1.165) is 29.9 Å². The van der Waals surface area contributed by atoms with Gasteiger partial charge in [-0.2, -0.15) is 0 Å². The Morgan fingerprint density at radius 2 is 2.06 bits per heavy atom. The molecule has 0 saturated heterocycles. The number of pyridine rings is 1. The Morgan fingerprint density at radius 1 is 1.29 bits per heavy atom. The van der Waals surface area contributed by atoms with E-state index >= 15 is 0 Å². The second-order valence-corrected chi connectivity index (χ2v) is 5.96. The summed E-state index contributed by atoms with van der Waals surface area (Å²) in [6.45, 7) is 8.94. The van der Waals surface area contributed by atoms with Crippen LogP contribution >= 0.6 is 15.9 Å². The SMILES string of the molecule is CCC(CNCC(C)C)Cc1cncc(Br)c1. The molecule has 17 heavy (non-hydrogen) atoms. The molecule has 0 aliphatic rings. The highest BCUT2D eigenvalue weighted by molar-refractivity contribution is 9.10. The highest BCUT2D eigenvalue weighted by Crippen LogP contribution is 2.15. The average Bonchev–Trinajstić information content (AvgIpc) is 2.27. The van der Waals surface area contributed by atoms with Crippen molar-refractivity contribution in [3.63, 3.8) is 0 Å². The van der Waals surface area contributed by atoms with Crippen LogP contribution in [0.2, 0.25) is 0 Å². The number of aromatic nitrogens is 1. The van der Waals surface area contributed by atoms with Gasteiger partial charge in [0.2, 0.25) is 0 Å². The Bertz CT molecular complexity index is 326. The summed E-state index contributed by atoms with van der Waals surface area (Å²) in [5.74, 6) is 1.42. The van der Waals surface area contributed by atoms with E-state index in [9.17, 15) is 0 Å². The number of nitrogens with zero attached hydrogens (tertiary/aromatic N) is 1. The Balaban J connectivity index is 2.41. The maximum atomic E-state index is 4.21. The van der Waals surface area contributed by atoms with Crippen LogP contribution in [-0.4, -0.2) is 18.1 Å². The van der Waals surface area contributed by atoms with Gasteiger partial charge in [-0.05, 0) is 58.9 Å². The maximum absolute atomic E-state index is 4.21. The minimum absolute atomic E-state index is 0.699. The van der Waals surface area contributed by atoms with Gasteiger partial charge in [-0.15, -0.1) is 0 Å². The molecular formula is C14H23BrN2. The first-order chi connectivity index (χ1) is 8.11. The molecule has 0 aromatic carbocycles. The van der Waals surface area contributed by atoms with Gasteiger partial charge in [0, 0.05) is 16.9 Å². The third kappa shape index (κ3) is 6.18. The summed E-state index contributed by atoms with van der Waals surface area (Å²) in [6.07, 6.45) is 6.11. The lowest BCUT2D eigenvalue weighted by Gasteiger charge is -2.16. The lowest BCUT2D eigenvalue weighted by atomic mass is 9.98.